The van der Waals surface area contributed by atoms with E-state index in [9.17, 15) is 9.59 Å². The minimum Gasteiger partial charge on any atom is -0.494 e. The molecule has 156 valence electrons. The number of urea groups is 1. The summed E-state index contributed by atoms with van der Waals surface area (Å²) in [4.78, 5) is 34.8. The topological polar surface area (TPSA) is 75.2 Å². The fourth-order valence-electron chi connectivity index (χ4n) is 3.86. The van der Waals surface area contributed by atoms with Crippen LogP contribution in [0.4, 0.5) is 9.93 Å². The maximum absolute atomic E-state index is 12.6. The number of fused-ring (bicyclic) bond motifs is 1. The summed E-state index contributed by atoms with van der Waals surface area (Å²) in [5, 5.41) is 1.56. The third kappa shape index (κ3) is 3.74. The SMILES string of the molecule is COCCN1C(=O)CN(C2CCN(c3nc4c(OC)ccc(Cl)c4s3)CC2)C1=O. The van der Waals surface area contributed by atoms with Gasteiger partial charge in [-0.05, 0) is 25.0 Å². The number of piperidine rings is 1. The number of imide groups is 1. The van der Waals surface area contributed by atoms with Crippen molar-refractivity contribution < 1.29 is 19.1 Å². The molecule has 2 saturated heterocycles. The smallest absolute Gasteiger partial charge is 0.327 e. The zero-order valence-electron chi connectivity index (χ0n) is 16.4. The third-order valence-electron chi connectivity index (χ3n) is 5.45. The molecule has 3 heterocycles. The molecule has 0 N–H and O–H groups in total. The Morgan fingerprint density at radius 1 is 1.24 bits per heavy atom. The van der Waals surface area contributed by atoms with Crippen molar-refractivity contribution in [2.45, 2.75) is 18.9 Å². The molecule has 1 aromatic carbocycles. The summed E-state index contributed by atoms with van der Waals surface area (Å²) < 4.78 is 11.3. The van der Waals surface area contributed by atoms with Crippen LogP contribution in [0.1, 0.15) is 12.8 Å². The summed E-state index contributed by atoms with van der Waals surface area (Å²) in [7, 11) is 3.18. The third-order valence-corrected chi connectivity index (χ3v) is 7.02. The van der Waals surface area contributed by atoms with E-state index in [1.807, 2.05) is 12.1 Å². The summed E-state index contributed by atoms with van der Waals surface area (Å²) in [5.41, 5.74) is 0.774. The molecule has 2 aromatic rings. The molecule has 0 spiro atoms. The molecule has 0 saturated carbocycles. The average Bonchev–Trinajstić information content (AvgIpc) is 3.30. The lowest BCUT2D eigenvalue weighted by atomic mass is 10.0. The number of amides is 3. The minimum absolute atomic E-state index is 0.0581. The van der Waals surface area contributed by atoms with E-state index in [0.717, 1.165) is 41.3 Å². The van der Waals surface area contributed by atoms with Gasteiger partial charge in [0.15, 0.2) is 5.13 Å². The van der Waals surface area contributed by atoms with Gasteiger partial charge in [0.05, 0.1) is 30.0 Å². The molecule has 10 heteroatoms. The first kappa shape index (κ1) is 20.2. The zero-order valence-corrected chi connectivity index (χ0v) is 18.0. The van der Waals surface area contributed by atoms with E-state index in [-0.39, 0.29) is 24.5 Å². The highest BCUT2D eigenvalue weighted by Crippen LogP contribution is 2.39. The number of benzene rings is 1. The standard InChI is InChI=1S/C19H23ClN4O4S/c1-27-10-9-23-15(25)11-24(19(23)26)12-5-7-22(8-6-12)18-21-16-14(28-2)4-3-13(20)17(16)29-18/h3-4,12H,5-11H2,1-2H3. The normalized spacial score (nSPS) is 18.4. The van der Waals surface area contributed by atoms with E-state index in [4.69, 9.17) is 26.1 Å². The summed E-state index contributed by atoms with van der Waals surface area (Å²) in [6.45, 7) is 2.34. The highest BCUT2D eigenvalue weighted by Gasteiger charge is 2.40. The van der Waals surface area contributed by atoms with Gasteiger partial charge < -0.3 is 19.3 Å². The highest BCUT2D eigenvalue weighted by atomic mass is 35.5. The van der Waals surface area contributed by atoms with Crippen LogP contribution in [0.15, 0.2) is 12.1 Å². The molecule has 0 radical (unpaired) electrons. The minimum atomic E-state index is -0.206. The van der Waals surface area contributed by atoms with Gasteiger partial charge >= 0.3 is 6.03 Å². The number of ether oxygens (including phenoxy) is 2. The molecule has 1 aromatic heterocycles. The fraction of sp³-hybridized carbons (Fsp3) is 0.526. The van der Waals surface area contributed by atoms with E-state index < -0.39 is 0 Å². The molecule has 29 heavy (non-hydrogen) atoms. The molecule has 3 amide bonds. The van der Waals surface area contributed by atoms with Gasteiger partial charge in [-0.3, -0.25) is 9.69 Å². The summed E-state index contributed by atoms with van der Waals surface area (Å²) >= 11 is 7.88. The van der Waals surface area contributed by atoms with Gasteiger partial charge in [-0.2, -0.15) is 0 Å². The van der Waals surface area contributed by atoms with Crippen LogP contribution in [0.2, 0.25) is 5.02 Å². The Morgan fingerprint density at radius 3 is 2.69 bits per heavy atom. The van der Waals surface area contributed by atoms with Crippen LogP contribution in [0.25, 0.3) is 10.2 Å². The number of rotatable bonds is 6. The summed E-state index contributed by atoms with van der Waals surface area (Å²) in [6.07, 6.45) is 1.58. The predicted octanol–water partition coefficient (Wildman–Crippen LogP) is 2.84. The lowest BCUT2D eigenvalue weighted by Crippen LogP contribution is -2.46. The number of hydrogen-bond donors (Lipinski definition) is 0. The maximum Gasteiger partial charge on any atom is 0.327 e. The van der Waals surface area contributed by atoms with Crippen LogP contribution >= 0.6 is 22.9 Å². The highest BCUT2D eigenvalue weighted by molar-refractivity contribution is 7.22. The molecule has 0 atom stereocenters. The number of nitrogens with zero attached hydrogens (tertiary/aromatic N) is 4. The van der Waals surface area contributed by atoms with E-state index in [1.54, 1.807) is 30.5 Å². The van der Waals surface area contributed by atoms with E-state index >= 15 is 0 Å². The van der Waals surface area contributed by atoms with Crippen molar-refractivity contribution in [2.75, 3.05) is 51.9 Å². The van der Waals surface area contributed by atoms with Crippen molar-refractivity contribution in [1.82, 2.24) is 14.8 Å². The second-order valence-electron chi connectivity index (χ2n) is 7.09. The molecule has 4 rings (SSSR count). The number of methoxy groups -OCH3 is 2. The molecule has 2 fully saturated rings. The van der Waals surface area contributed by atoms with Crippen LogP contribution in [-0.2, 0) is 9.53 Å². The number of carbonyl (C=O) groups excluding carboxylic acids is 2. The lowest BCUT2D eigenvalue weighted by molar-refractivity contribution is -0.125. The maximum atomic E-state index is 12.6. The number of anilines is 1. The van der Waals surface area contributed by atoms with Gasteiger partial charge in [-0.1, -0.05) is 22.9 Å². The zero-order chi connectivity index (χ0) is 20.5. The van der Waals surface area contributed by atoms with E-state index in [1.165, 1.54) is 4.90 Å². The second-order valence-corrected chi connectivity index (χ2v) is 8.48. The van der Waals surface area contributed by atoms with Gasteiger partial charge in [0.2, 0.25) is 5.91 Å². The van der Waals surface area contributed by atoms with Crippen molar-refractivity contribution in [3.05, 3.63) is 17.2 Å². The first-order chi connectivity index (χ1) is 14.0. The average molecular weight is 439 g/mol. The van der Waals surface area contributed by atoms with E-state index in [0.29, 0.717) is 23.9 Å². The van der Waals surface area contributed by atoms with Crippen LogP contribution in [-0.4, -0.2) is 79.8 Å². The predicted molar refractivity (Wildman–Crippen MR) is 112 cm³/mol. The van der Waals surface area contributed by atoms with E-state index in [2.05, 4.69) is 4.90 Å². The summed E-state index contributed by atoms with van der Waals surface area (Å²) in [5.74, 6) is 0.557. The number of halogens is 1. The van der Waals surface area contributed by atoms with Gasteiger partial charge in [-0.15, -0.1) is 0 Å². The van der Waals surface area contributed by atoms with Crippen LogP contribution in [0.3, 0.4) is 0 Å². The Balaban J connectivity index is 1.44. The number of thiazole rings is 1. The number of aromatic nitrogens is 1. The van der Waals surface area contributed by atoms with Crippen molar-refractivity contribution in [2.24, 2.45) is 0 Å². The van der Waals surface area contributed by atoms with Gasteiger partial charge in [0.1, 0.15) is 17.8 Å². The molecule has 2 aliphatic heterocycles. The molecular weight excluding hydrogens is 416 g/mol. The molecule has 0 unspecified atom stereocenters. The van der Waals surface area contributed by atoms with Crippen molar-refractivity contribution >= 4 is 50.2 Å². The fourth-order valence-corrected chi connectivity index (χ4v) is 5.17. The Morgan fingerprint density at radius 2 is 2.00 bits per heavy atom. The van der Waals surface area contributed by atoms with Crippen molar-refractivity contribution in [1.29, 1.82) is 0 Å². The largest absolute Gasteiger partial charge is 0.494 e. The second kappa shape index (κ2) is 8.33. The molecule has 0 bridgehead atoms. The lowest BCUT2D eigenvalue weighted by Gasteiger charge is -2.36. The van der Waals surface area contributed by atoms with Crippen LogP contribution < -0.4 is 9.64 Å². The molecule has 2 aliphatic rings. The Kier molecular flexibility index (Phi) is 5.80. The van der Waals surface area contributed by atoms with Gasteiger partial charge in [-0.25, -0.2) is 9.78 Å². The Labute approximate surface area is 177 Å². The Hall–Kier alpha value is -2.10. The quantitative estimate of drug-likeness (QED) is 0.645. The monoisotopic (exact) mass is 438 g/mol. The number of carbonyl (C=O) groups is 2. The van der Waals surface area contributed by atoms with Crippen LogP contribution in [0, 0.1) is 0 Å². The molecular formula is C19H23ClN4O4S. The first-order valence-electron chi connectivity index (χ1n) is 9.51. The van der Waals surface area contributed by atoms with Gasteiger partial charge in [0, 0.05) is 26.2 Å². The van der Waals surface area contributed by atoms with Gasteiger partial charge in [0.25, 0.3) is 0 Å². The molecule has 0 aliphatic carbocycles. The van der Waals surface area contributed by atoms with Crippen LogP contribution in [0.5, 0.6) is 5.75 Å². The summed E-state index contributed by atoms with van der Waals surface area (Å²) in [6, 6.07) is 3.50. The molecule has 8 nitrogen and oxygen atoms in total. The van der Waals surface area contributed by atoms with Crippen molar-refractivity contribution in [3.63, 3.8) is 0 Å². The Bertz CT molecular complexity index is 928. The first-order valence-corrected chi connectivity index (χ1v) is 10.7. The number of hydrogen-bond acceptors (Lipinski definition) is 7. The van der Waals surface area contributed by atoms with Crippen molar-refractivity contribution in [3.8, 4) is 5.75 Å².